The molecule has 0 aliphatic carbocycles. The Morgan fingerprint density at radius 1 is 1.22 bits per heavy atom. The summed E-state index contributed by atoms with van der Waals surface area (Å²) in [5.74, 6) is -0.637. The molecule has 2 N–H and O–H groups in total. The van der Waals surface area contributed by atoms with Crippen LogP contribution in [-0.4, -0.2) is 42.9 Å². The number of carbonyl (C=O) groups excluding carboxylic acids is 2. The fourth-order valence-electron chi connectivity index (χ4n) is 3.28. The van der Waals surface area contributed by atoms with Crippen LogP contribution in [0.3, 0.4) is 0 Å². The van der Waals surface area contributed by atoms with Crippen molar-refractivity contribution >= 4 is 40.4 Å². The summed E-state index contributed by atoms with van der Waals surface area (Å²) in [6.45, 7) is 5.11. The first-order valence-corrected chi connectivity index (χ1v) is 10.4. The summed E-state index contributed by atoms with van der Waals surface area (Å²) < 4.78 is 0. The quantitative estimate of drug-likeness (QED) is 0.746. The molecule has 1 aromatic heterocycles. The van der Waals surface area contributed by atoms with E-state index in [1.165, 1.54) is 4.88 Å². The summed E-state index contributed by atoms with van der Waals surface area (Å²) in [4.78, 5) is 27.9. The number of hydrogen-bond donors (Lipinski definition) is 2. The van der Waals surface area contributed by atoms with E-state index in [9.17, 15) is 9.59 Å². The first kappa shape index (κ1) is 19.9. The van der Waals surface area contributed by atoms with E-state index in [2.05, 4.69) is 33.0 Å². The van der Waals surface area contributed by atoms with E-state index in [4.69, 9.17) is 11.6 Å². The molecule has 0 spiro atoms. The van der Waals surface area contributed by atoms with E-state index in [1.54, 1.807) is 18.2 Å². The molecular formula is C20H24ClN3O2S. The highest BCUT2D eigenvalue weighted by Gasteiger charge is 2.21. The Balaban J connectivity index is 1.38. The number of piperidine rings is 1. The minimum Gasteiger partial charge on any atom is -0.347 e. The standard InChI is InChI=1S/C20H24ClN3O2S/c1-14-4-5-16(21)13-17(14)23-20(26)19(25)22-8-11-24-9-6-15(7-10-24)18-3-2-12-27-18/h2-5,12-13,15H,6-11H2,1H3,(H,22,25)(H,23,26). The predicted octanol–water partition coefficient (Wildman–Crippen LogP) is 3.64. The molecule has 5 nitrogen and oxygen atoms in total. The Morgan fingerprint density at radius 3 is 2.70 bits per heavy atom. The number of amides is 2. The van der Waals surface area contributed by atoms with Crippen molar-refractivity contribution in [2.75, 3.05) is 31.5 Å². The van der Waals surface area contributed by atoms with Gasteiger partial charge in [-0.15, -0.1) is 11.3 Å². The molecule has 2 amide bonds. The number of likely N-dealkylation sites (tertiary alicyclic amines) is 1. The largest absolute Gasteiger partial charge is 0.347 e. The maximum absolute atomic E-state index is 12.1. The number of aryl methyl sites for hydroxylation is 1. The van der Waals surface area contributed by atoms with E-state index in [1.807, 2.05) is 18.3 Å². The maximum atomic E-state index is 12.1. The van der Waals surface area contributed by atoms with Gasteiger partial charge >= 0.3 is 11.8 Å². The fraction of sp³-hybridized carbons (Fsp3) is 0.400. The molecule has 27 heavy (non-hydrogen) atoms. The third-order valence-corrected chi connectivity index (χ3v) is 6.17. The number of carbonyl (C=O) groups is 2. The van der Waals surface area contributed by atoms with Crippen molar-refractivity contribution in [2.45, 2.75) is 25.7 Å². The van der Waals surface area contributed by atoms with Crippen molar-refractivity contribution in [2.24, 2.45) is 0 Å². The molecule has 0 unspecified atom stereocenters. The van der Waals surface area contributed by atoms with Crippen LogP contribution in [0, 0.1) is 6.92 Å². The monoisotopic (exact) mass is 405 g/mol. The number of benzene rings is 1. The zero-order chi connectivity index (χ0) is 19.2. The van der Waals surface area contributed by atoms with Crippen molar-refractivity contribution < 1.29 is 9.59 Å². The molecule has 1 aromatic carbocycles. The van der Waals surface area contributed by atoms with Crippen LogP contribution < -0.4 is 10.6 Å². The second-order valence-electron chi connectivity index (χ2n) is 6.80. The number of nitrogens with one attached hydrogen (secondary N) is 2. The average molecular weight is 406 g/mol. The van der Waals surface area contributed by atoms with Crippen LogP contribution in [0.15, 0.2) is 35.7 Å². The molecule has 3 rings (SSSR count). The van der Waals surface area contributed by atoms with Gasteiger partial charge in [-0.1, -0.05) is 23.7 Å². The lowest BCUT2D eigenvalue weighted by Gasteiger charge is -2.31. The number of anilines is 1. The Morgan fingerprint density at radius 2 is 2.00 bits per heavy atom. The lowest BCUT2D eigenvalue weighted by Crippen LogP contribution is -2.42. The Kier molecular flexibility index (Phi) is 6.88. The van der Waals surface area contributed by atoms with Crippen LogP contribution in [0.5, 0.6) is 0 Å². The van der Waals surface area contributed by atoms with Gasteiger partial charge in [0.2, 0.25) is 0 Å². The van der Waals surface area contributed by atoms with Crippen LogP contribution in [0.25, 0.3) is 0 Å². The number of nitrogens with zero attached hydrogens (tertiary/aromatic N) is 1. The SMILES string of the molecule is Cc1ccc(Cl)cc1NC(=O)C(=O)NCCN1CCC(c2cccs2)CC1. The third-order valence-electron chi connectivity index (χ3n) is 4.90. The van der Waals surface area contributed by atoms with Gasteiger partial charge in [0.1, 0.15) is 0 Å². The normalized spacial score (nSPS) is 15.5. The molecule has 1 saturated heterocycles. The minimum absolute atomic E-state index is 0.463. The smallest absolute Gasteiger partial charge is 0.313 e. The number of hydrogen-bond acceptors (Lipinski definition) is 4. The zero-order valence-electron chi connectivity index (χ0n) is 15.3. The summed E-state index contributed by atoms with van der Waals surface area (Å²) in [6, 6.07) is 9.51. The van der Waals surface area contributed by atoms with Gasteiger partial charge in [-0.25, -0.2) is 0 Å². The summed E-state index contributed by atoms with van der Waals surface area (Å²) in [7, 11) is 0. The van der Waals surface area contributed by atoms with Crippen molar-refractivity contribution in [3.05, 3.63) is 51.2 Å². The molecule has 1 aliphatic rings. The highest BCUT2D eigenvalue weighted by Crippen LogP contribution is 2.30. The number of thiophene rings is 1. The van der Waals surface area contributed by atoms with Crippen LogP contribution in [0.1, 0.15) is 29.2 Å². The van der Waals surface area contributed by atoms with Gasteiger partial charge in [-0.05, 0) is 67.9 Å². The molecule has 0 radical (unpaired) electrons. The Hall–Kier alpha value is -1.89. The highest BCUT2D eigenvalue weighted by molar-refractivity contribution is 7.10. The van der Waals surface area contributed by atoms with Crippen LogP contribution in [-0.2, 0) is 9.59 Å². The van der Waals surface area contributed by atoms with Gasteiger partial charge in [0.05, 0.1) is 0 Å². The molecule has 1 aliphatic heterocycles. The van der Waals surface area contributed by atoms with Crippen molar-refractivity contribution in [3.8, 4) is 0 Å². The van der Waals surface area contributed by atoms with Crippen LogP contribution >= 0.6 is 22.9 Å². The second-order valence-corrected chi connectivity index (χ2v) is 8.22. The van der Waals surface area contributed by atoms with Crippen LogP contribution in [0.4, 0.5) is 5.69 Å². The van der Waals surface area contributed by atoms with E-state index in [-0.39, 0.29) is 0 Å². The number of rotatable bonds is 5. The molecule has 0 saturated carbocycles. The van der Waals surface area contributed by atoms with Gasteiger partial charge in [-0.2, -0.15) is 0 Å². The summed E-state index contributed by atoms with van der Waals surface area (Å²) in [5.41, 5.74) is 1.41. The van der Waals surface area contributed by atoms with Gasteiger partial charge in [-0.3, -0.25) is 9.59 Å². The van der Waals surface area contributed by atoms with Crippen molar-refractivity contribution in [1.82, 2.24) is 10.2 Å². The second kappa shape index (κ2) is 9.35. The van der Waals surface area contributed by atoms with Crippen molar-refractivity contribution in [1.29, 1.82) is 0 Å². The minimum atomic E-state index is -0.670. The summed E-state index contributed by atoms with van der Waals surface area (Å²) in [6.07, 6.45) is 2.28. The first-order valence-electron chi connectivity index (χ1n) is 9.14. The molecule has 1 fully saturated rings. The van der Waals surface area contributed by atoms with Gasteiger partial charge < -0.3 is 15.5 Å². The van der Waals surface area contributed by atoms with E-state index >= 15 is 0 Å². The molecule has 0 atom stereocenters. The maximum Gasteiger partial charge on any atom is 0.313 e. The average Bonchev–Trinajstić information content (AvgIpc) is 3.20. The fourth-order valence-corrected chi connectivity index (χ4v) is 4.35. The van der Waals surface area contributed by atoms with Crippen molar-refractivity contribution in [3.63, 3.8) is 0 Å². The Bertz CT molecular complexity index is 787. The van der Waals surface area contributed by atoms with Crippen LogP contribution in [0.2, 0.25) is 5.02 Å². The van der Waals surface area contributed by atoms with Gasteiger partial charge in [0.25, 0.3) is 0 Å². The molecule has 2 aromatic rings. The third kappa shape index (κ3) is 5.54. The molecule has 144 valence electrons. The lowest BCUT2D eigenvalue weighted by molar-refractivity contribution is -0.136. The van der Waals surface area contributed by atoms with E-state index < -0.39 is 11.8 Å². The molecule has 0 bridgehead atoms. The molecule has 7 heteroatoms. The Labute approximate surface area is 168 Å². The lowest BCUT2D eigenvalue weighted by atomic mass is 9.95. The number of halogens is 1. The zero-order valence-corrected chi connectivity index (χ0v) is 16.9. The van der Waals surface area contributed by atoms with Gasteiger partial charge in [0.15, 0.2) is 0 Å². The molecular weight excluding hydrogens is 382 g/mol. The summed E-state index contributed by atoms with van der Waals surface area (Å²) >= 11 is 7.77. The highest BCUT2D eigenvalue weighted by atomic mass is 35.5. The summed E-state index contributed by atoms with van der Waals surface area (Å²) in [5, 5.41) is 7.96. The van der Waals surface area contributed by atoms with E-state index in [0.29, 0.717) is 23.2 Å². The van der Waals surface area contributed by atoms with E-state index in [0.717, 1.165) is 38.0 Å². The molecule has 2 heterocycles. The first-order chi connectivity index (χ1) is 13.0. The van der Waals surface area contributed by atoms with Gasteiger partial charge in [0, 0.05) is 28.7 Å². The predicted molar refractivity (Wildman–Crippen MR) is 111 cm³/mol. The topological polar surface area (TPSA) is 61.4 Å².